The minimum Gasteiger partial charge on any atom is -0.409 e. The zero-order valence-electron chi connectivity index (χ0n) is 8.79. The lowest BCUT2D eigenvalue weighted by Crippen LogP contribution is -2.44. The van der Waals surface area contributed by atoms with E-state index in [4.69, 9.17) is 10.9 Å². The van der Waals surface area contributed by atoms with Gasteiger partial charge in [0, 0.05) is 12.4 Å². The van der Waals surface area contributed by atoms with E-state index < -0.39 is 6.04 Å². The minimum atomic E-state index is -0.502. The highest BCUT2D eigenvalue weighted by atomic mass is 16.4. The zero-order valence-corrected chi connectivity index (χ0v) is 8.79. The Balaban J connectivity index is 2.70. The highest BCUT2D eigenvalue weighted by Gasteiger charge is 2.15. The maximum Gasteiger partial charge on any atom is 0.255 e. The van der Waals surface area contributed by atoms with Crippen LogP contribution in [-0.2, 0) is 0 Å². The first-order valence-electron chi connectivity index (χ1n) is 4.72. The van der Waals surface area contributed by atoms with Crippen molar-refractivity contribution in [2.75, 3.05) is 0 Å². The Bertz CT molecular complexity index is 379. The lowest BCUT2D eigenvalue weighted by molar-refractivity contribution is 0.0945. The van der Waals surface area contributed by atoms with Crippen molar-refractivity contribution in [3.63, 3.8) is 0 Å². The molecule has 0 aliphatic rings. The molecule has 4 N–H and O–H groups in total. The summed E-state index contributed by atoms with van der Waals surface area (Å²) in [5.41, 5.74) is 5.73. The molecule has 1 unspecified atom stereocenters. The van der Waals surface area contributed by atoms with E-state index in [-0.39, 0.29) is 11.7 Å². The van der Waals surface area contributed by atoms with Gasteiger partial charge in [0.05, 0.1) is 11.6 Å². The Kier molecular flexibility index (Phi) is 4.19. The molecule has 1 atom stereocenters. The first kappa shape index (κ1) is 11.9. The molecular formula is C9H13N5O2. The molecule has 0 aliphatic carbocycles. The Labute approximate surface area is 92.4 Å². The molecule has 1 rings (SSSR count). The van der Waals surface area contributed by atoms with Crippen molar-refractivity contribution in [3.05, 3.63) is 24.3 Å². The number of oxime groups is 1. The van der Waals surface area contributed by atoms with Crippen LogP contribution in [0.15, 0.2) is 23.9 Å². The molecule has 0 fully saturated rings. The number of hydrogen-bond acceptors (Lipinski definition) is 5. The summed E-state index contributed by atoms with van der Waals surface area (Å²) in [6.45, 7) is 1.81. The van der Waals surface area contributed by atoms with Crippen LogP contribution in [-0.4, -0.2) is 33.0 Å². The van der Waals surface area contributed by atoms with Crippen LogP contribution >= 0.6 is 0 Å². The van der Waals surface area contributed by atoms with Crippen LogP contribution in [0.2, 0.25) is 0 Å². The SMILES string of the molecule is CCC(NC(=O)c1cncnc1)C(N)=NO. The molecule has 0 aliphatic heterocycles. The molecule has 16 heavy (non-hydrogen) atoms. The van der Waals surface area contributed by atoms with Gasteiger partial charge in [-0.25, -0.2) is 9.97 Å². The highest BCUT2D eigenvalue weighted by Crippen LogP contribution is 1.97. The van der Waals surface area contributed by atoms with Gasteiger partial charge in [-0.2, -0.15) is 0 Å². The Morgan fingerprint density at radius 1 is 1.62 bits per heavy atom. The van der Waals surface area contributed by atoms with E-state index in [0.29, 0.717) is 12.0 Å². The van der Waals surface area contributed by atoms with Gasteiger partial charge in [-0.1, -0.05) is 12.1 Å². The molecule has 0 saturated carbocycles. The number of hydrogen-bond donors (Lipinski definition) is 3. The number of nitrogens with two attached hydrogens (primary N) is 1. The van der Waals surface area contributed by atoms with E-state index in [2.05, 4.69) is 20.4 Å². The maximum atomic E-state index is 11.7. The fourth-order valence-electron chi connectivity index (χ4n) is 1.11. The van der Waals surface area contributed by atoms with Crippen LogP contribution in [0.3, 0.4) is 0 Å². The van der Waals surface area contributed by atoms with Gasteiger partial charge in [-0.3, -0.25) is 4.79 Å². The van der Waals surface area contributed by atoms with Crippen molar-refractivity contribution in [2.24, 2.45) is 10.9 Å². The molecule has 0 radical (unpaired) electrons. The van der Waals surface area contributed by atoms with Crippen LogP contribution in [0, 0.1) is 0 Å². The van der Waals surface area contributed by atoms with Crippen LogP contribution < -0.4 is 11.1 Å². The topological polar surface area (TPSA) is 113 Å². The molecule has 0 aromatic carbocycles. The molecule has 1 amide bonds. The second-order valence-electron chi connectivity index (χ2n) is 3.09. The minimum absolute atomic E-state index is 0.0345. The third-order valence-electron chi connectivity index (χ3n) is 2.01. The summed E-state index contributed by atoms with van der Waals surface area (Å²) in [7, 11) is 0. The second kappa shape index (κ2) is 5.64. The number of rotatable bonds is 4. The smallest absolute Gasteiger partial charge is 0.255 e. The first-order chi connectivity index (χ1) is 7.69. The summed E-state index contributed by atoms with van der Waals surface area (Å²) in [5, 5.41) is 14.0. The van der Waals surface area contributed by atoms with Crippen molar-refractivity contribution in [2.45, 2.75) is 19.4 Å². The van der Waals surface area contributed by atoms with Gasteiger partial charge in [0.25, 0.3) is 5.91 Å². The predicted molar refractivity (Wildman–Crippen MR) is 57.0 cm³/mol. The summed E-state index contributed by atoms with van der Waals surface area (Å²) in [5.74, 6) is -0.397. The predicted octanol–water partition coefficient (Wildman–Crippen LogP) is -0.269. The normalized spacial score (nSPS) is 13.2. The van der Waals surface area contributed by atoms with Crippen LogP contribution in [0.5, 0.6) is 0 Å². The Hall–Kier alpha value is -2.18. The molecule has 1 aromatic rings. The van der Waals surface area contributed by atoms with Crippen molar-refractivity contribution in [3.8, 4) is 0 Å². The summed E-state index contributed by atoms with van der Waals surface area (Å²) in [4.78, 5) is 19.1. The number of aromatic nitrogens is 2. The van der Waals surface area contributed by atoms with Gasteiger partial charge in [0.2, 0.25) is 0 Å². The number of nitrogens with zero attached hydrogens (tertiary/aromatic N) is 3. The fourth-order valence-corrected chi connectivity index (χ4v) is 1.11. The van der Waals surface area contributed by atoms with Crippen LogP contribution in [0.1, 0.15) is 23.7 Å². The number of amides is 1. The lowest BCUT2D eigenvalue weighted by atomic mass is 10.2. The fraction of sp³-hybridized carbons (Fsp3) is 0.333. The Morgan fingerprint density at radius 2 is 2.25 bits per heavy atom. The van der Waals surface area contributed by atoms with Crippen LogP contribution in [0.25, 0.3) is 0 Å². The third kappa shape index (κ3) is 2.91. The summed E-state index contributed by atoms with van der Waals surface area (Å²) >= 11 is 0. The lowest BCUT2D eigenvalue weighted by Gasteiger charge is -2.14. The molecule has 1 aromatic heterocycles. The molecule has 0 bridgehead atoms. The van der Waals surface area contributed by atoms with Gasteiger partial charge in [-0.05, 0) is 6.42 Å². The van der Waals surface area contributed by atoms with E-state index in [9.17, 15) is 4.79 Å². The number of carbonyl (C=O) groups is 1. The van der Waals surface area contributed by atoms with Gasteiger partial charge in [0.1, 0.15) is 6.33 Å². The average Bonchev–Trinajstić information content (AvgIpc) is 2.35. The van der Waals surface area contributed by atoms with Gasteiger partial charge < -0.3 is 16.3 Å². The monoisotopic (exact) mass is 223 g/mol. The van der Waals surface area contributed by atoms with Crippen LogP contribution in [0.4, 0.5) is 0 Å². The van der Waals surface area contributed by atoms with Crippen molar-refractivity contribution < 1.29 is 10.0 Å². The average molecular weight is 223 g/mol. The quantitative estimate of drug-likeness (QED) is 0.281. The molecule has 1 heterocycles. The van der Waals surface area contributed by atoms with E-state index in [1.54, 1.807) is 0 Å². The first-order valence-corrected chi connectivity index (χ1v) is 4.72. The summed E-state index contributed by atoms with van der Waals surface area (Å²) in [6, 6.07) is -0.502. The third-order valence-corrected chi connectivity index (χ3v) is 2.01. The van der Waals surface area contributed by atoms with E-state index >= 15 is 0 Å². The molecule has 7 nitrogen and oxygen atoms in total. The molecule has 7 heteroatoms. The summed E-state index contributed by atoms with van der Waals surface area (Å²) in [6.07, 6.45) is 4.63. The molecule has 86 valence electrons. The number of nitrogens with one attached hydrogen (secondary N) is 1. The van der Waals surface area contributed by atoms with E-state index in [0.717, 1.165) is 0 Å². The van der Waals surface area contributed by atoms with E-state index in [1.165, 1.54) is 18.7 Å². The molecule has 0 spiro atoms. The summed E-state index contributed by atoms with van der Waals surface area (Å²) < 4.78 is 0. The van der Waals surface area contributed by atoms with E-state index in [1.807, 2.05) is 6.92 Å². The standard InChI is InChI=1S/C9H13N5O2/c1-2-7(8(10)14-16)13-9(15)6-3-11-5-12-4-6/h3-5,7,16H,2H2,1H3,(H2,10,14)(H,13,15). The molecule has 0 saturated heterocycles. The highest BCUT2D eigenvalue weighted by molar-refractivity contribution is 5.97. The van der Waals surface area contributed by atoms with Gasteiger partial charge in [-0.15, -0.1) is 0 Å². The zero-order chi connectivity index (χ0) is 12.0. The Morgan fingerprint density at radius 3 is 2.75 bits per heavy atom. The van der Waals surface area contributed by atoms with Crippen molar-refractivity contribution >= 4 is 11.7 Å². The largest absolute Gasteiger partial charge is 0.409 e. The van der Waals surface area contributed by atoms with Gasteiger partial charge in [0.15, 0.2) is 5.84 Å². The number of amidine groups is 1. The maximum absolute atomic E-state index is 11.7. The second-order valence-corrected chi connectivity index (χ2v) is 3.09. The van der Waals surface area contributed by atoms with Gasteiger partial charge >= 0.3 is 0 Å². The van der Waals surface area contributed by atoms with Crippen molar-refractivity contribution in [1.82, 2.24) is 15.3 Å². The molecular weight excluding hydrogens is 210 g/mol. The number of carbonyl (C=O) groups excluding carboxylic acids is 1. The van der Waals surface area contributed by atoms with Crippen molar-refractivity contribution in [1.29, 1.82) is 0 Å².